The van der Waals surface area contributed by atoms with Gasteiger partial charge in [0.1, 0.15) is 16.8 Å². The summed E-state index contributed by atoms with van der Waals surface area (Å²) in [5.74, 6) is 0.799. The first-order valence-electron chi connectivity index (χ1n) is 12.7. The molecule has 1 aliphatic carbocycles. The van der Waals surface area contributed by atoms with Crippen molar-refractivity contribution in [2.75, 3.05) is 44.1 Å². The molecule has 9 heteroatoms. The molecule has 0 unspecified atom stereocenters. The van der Waals surface area contributed by atoms with Gasteiger partial charge in [-0.3, -0.25) is 0 Å². The minimum atomic E-state index is -0.416. The fourth-order valence-electron chi connectivity index (χ4n) is 4.98. The van der Waals surface area contributed by atoms with Gasteiger partial charge in [-0.15, -0.1) is 0 Å². The highest BCUT2D eigenvalue weighted by atomic mass is 35.5. The summed E-state index contributed by atoms with van der Waals surface area (Å²) in [5, 5.41) is 10.8. The summed E-state index contributed by atoms with van der Waals surface area (Å²) in [6.45, 7) is 5.30. The minimum Gasteiger partial charge on any atom is -0.384 e. The van der Waals surface area contributed by atoms with Gasteiger partial charge in [-0.1, -0.05) is 11.6 Å². The van der Waals surface area contributed by atoms with Crippen LogP contribution in [0.1, 0.15) is 45.4 Å². The molecule has 3 N–H and O–H groups in total. The van der Waals surface area contributed by atoms with Crippen LogP contribution in [-0.2, 0) is 9.47 Å². The van der Waals surface area contributed by atoms with Crippen molar-refractivity contribution in [3.63, 3.8) is 0 Å². The Balaban J connectivity index is 1.38. The molecular formula is C26H37ClFN5O2. The number of aromatic nitrogens is 2. The van der Waals surface area contributed by atoms with Crippen molar-refractivity contribution in [3.8, 4) is 11.1 Å². The zero-order valence-corrected chi connectivity index (χ0v) is 21.4. The van der Waals surface area contributed by atoms with Crippen LogP contribution in [0.15, 0.2) is 24.5 Å². The highest BCUT2D eigenvalue weighted by molar-refractivity contribution is 6.32. The minimum absolute atomic E-state index is 0.273. The standard InChI is InChI=1S/C26H37ClFN5O2/c1-17(16-34-2)32-19-3-5-20(6-4-19)33-25-12-22(24(28)15-30-25)23-11-21(14-31-26(23)27)29-13-18-7-9-35-10-8-18/h11-12,14-15,17-20,29,32H,3-10,13,16H2,1-2H3,(H,30,33)/t17-,19?,20?/m0/s1. The smallest absolute Gasteiger partial charge is 0.149 e. The van der Waals surface area contributed by atoms with Gasteiger partial charge in [0.05, 0.1) is 24.7 Å². The number of ether oxygens (including phenoxy) is 2. The monoisotopic (exact) mass is 505 g/mol. The molecule has 192 valence electrons. The quantitative estimate of drug-likeness (QED) is 0.386. The number of hydrogen-bond donors (Lipinski definition) is 3. The number of anilines is 2. The number of pyridine rings is 2. The predicted molar refractivity (Wildman–Crippen MR) is 139 cm³/mol. The molecule has 35 heavy (non-hydrogen) atoms. The Labute approximate surface area is 212 Å². The Hall–Kier alpha value is -2.00. The van der Waals surface area contributed by atoms with E-state index in [0.29, 0.717) is 47.6 Å². The van der Waals surface area contributed by atoms with E-state index in [9.17, 15) is 4.39 Å². The van der Waals surface area contributed by atoms with Gasteiger partial charge in [0, 0.05) is 56.1 Å². The van der Waals surface area contributed by atoms with Crippen LogP contribution in [0.4, 0.5) is 15.9 Å². The van der Waals surface area contributed by atoms with Crippen molar-refractivity contribution < 1.29 is 13.9 Å². The van der Waals surface area contributed by atoms with Crippen molar-refractivity contribution in [3.05, 3.63) is 35.5 Å². The number of hydrogen-bond acceptors (Lipinski definition) is 7. The second kappa shape index (κ2) is 12.8. The van der Waals surface area contributed by atoms with Crippen molar-refractivity contribution in [1.82, 2.24) is 15.3 Å². The van der Waals surface area contributed by atoms with Crippen LogP contribution >= 0.6 is 11.6 Å². The SMILES string of the molecule is COC[C@H](C)NC1CCC(Nc2cc(-c3cc(NCC4CCOCC4)cnc3Cl)c(F)cn2)CC1. The molecule has 3 heterocycles. The first-order chi connectivity index (χ1) is 17.0. The van der Waals surface area contributed by atoms with E-state index in [0.717, 1.165) is 64.0 Å². The van der Waals surface area contributed by atoms with Crippen molar-refractivity contribution in [1.29, 1.82) is 0 Å². The zero-order valence-electron chi connectivity index (χ0n) is 20.7. The maximum absolute atomic E-state index is 14.8. The van der Waals surface area contributed by atoms with Gasteiger partial charge in [0.2, 0.25) is 0 Å². The molecule has 4 rings (SSSR count). The van der Waals surface area contributed by atoms with E-state index in [2.05, 4.69) is 32.8 Å². The molecule has 2 fully saturated rings. The first kappa shape index (κ1) is 26.1. The molecular weight excluding hydrogens is 469 g/mol. The van der Waals surface area contributed by atoms with Crippen LogP contribution in [0.3, 0.4) is 0 Å². The average molecular weight is 506 g/mol. The summed E-state index contributed by atoms with van der Waals surface area (Å²) >= 11 is 6.40. The Morgan fingerprint density at radius 2 is 1.80 bits per heavy atom. The Morgan fingerprint density at radius 1 is 1.06 bits per heavy atom. The molecule has 2 aromatic heterocycles. The van der Waals surface area contributed by atoms with E-state index in [1.54, 1.807) is 19.4 Å². The van der Waals surface area contributed by atoms with Gasteiger partial charge in [-0.05, 0) is 63.5 Å². The molecule has 2 aliphatic rings. The van der Waals surface area contributed by atoms with E-state index in [-0.39, 0.29) is 5.15 Å². The second-order valence-electron chi connectivity index (χ2n) is 9.76. The topological polar surface area (TPSA) is 80.3 Å². The summed E-state index contributed by atoms with van der Waals surface area (Å²) in [5.41, 5.74) is 1.79. The van der Waals surface area contributed by atoms with E-state index >= 15 is 0 Å². The molecule has 1 saturated carbocycles. The number of methoxy groups -OCH3 is 1. The summed E-state index contributed by atoms with van der Waals surface area (Å²) in [7, 11) is 1.73. The maximum atomic E-state index is 14.8. The number of rotatable bonds is 10. The number of nitrogens with one attached hydrogen (secondary N) is 3. The predicted octanol–water partition coefficient (Wildman–Crippen LogP) is 5.12. The molecule has 0 radical (unpaired) electrons. The van der Waals surface area contributed by atoms with Crippen LogP contribution in [-0.4, -0.2) is 61.6 Å². The Morgan fingerprint density at radius 3 is 2.54 bits per heavy atom. The van der Waals surface area contributed by atoms with Crippen LogP contribution in [0.25, 0.3) is 11.1 Å². The second-order valence-corrected chi connectivity index (χ2v) is 10.1. The summed E-state index contributed by atoms with van der Waals surface area (Å²) in [6, 6.07) is 4.76. The van der Waals surface area contributed by atoms with Gasteiger partial charge in [-0.2, -0.15) is 0 Å². The van der Waals surface area contributed by atoms with Gasteiger partial charge in [0.25, 0.3) is 0 Å². The lowest BCUT2D eigenvalue weighted by Gasteiger charge is -2.31. The van der Waals surface area contributed by atoms with Crippen LogP contribution in [0.2, 0.25) is 5.15 Å². The fourth-order valence-corrected chi connectivity index (χ4v) is 5.19. The van der Waals surface area contributed by atoms with Gasteiger partial charge >= 0.3 is 0 Å². The van der Waals surface area contributed by atoms with Crippen LogP contribution in [0, 0.1) is 11.7 Å². The Bertz CT molecular complexity index is 951. The van der Waals surface area contributed by atoms with Crippen molar-refractivity contribution in [2.24, 2.45) is 5.92 Å². The number of halogens is 2. The normalized spacial score (nSPS) is 22.1. The largest absolute Gasteiger partial charge is 0.384 e. The molecule has 1 saturated heterocycles. The molecule has 2 aromatic rings. The summed E-state index contributed by atoms with van der Waals surface area (Å²) in [6.07, 6.45) is 9.25. The molecule has 0 spiro atoms. The first-order valence-corrected chi connectivity index (χ1v) is 13.0. The van der Waals surface area contributed by atoms with E-state index in [1.165, 1.54) is 6.20 Å². The van der Waals surface area contributed by atoms with Gasteiger partial charge < -0.3 is 25.4 Å². The lowest BCUT2D eigenvalue weighted by atomic mass is 9.90. The van der Waals surface area contributed by atoms with Gasteiger partial charge in [-0.25, -0.2) is 14.4 Å². The lowest BCUT2D eigenvalue weighted by molar-refractivity contribution is 0.0699. The maximum Gasteiger partial charge on any atom is 0.149 e. The molecule has 7 nitrogen and oxygen atoms in total. The third kappa shape index (κ3) is 7.49. The van der Waals surface area contributed by atoms with Crippen LogP contribution < -0.4 is 16.0 Å². The molecule has 0 amide bonds. The molecule has 1 aliphatic heterocycles. The van der Waals surface area contributed by atoms with E-state index in [1.807, 2.05) is 6.07 Å². The Kier molecular flexibility index (Phi) is 9.54. The zero-order chi connectivity index (χ0) is 24.6. The lowest BCUT2D eigenvalue weighted by Crippen LogP contribution is -2.42. The number of nitrogens with zero attached hydrogens (tertiary/aromatic N) is 2. The third-order valence-electron chi connectivity index (χ3n) is 6.94. The molecule has 0 aromatic carbocycles. The summed E-state index contributed by atoms with van der Waals surface area (Å²) < 4.78 is 25.5. The average Bonchev–Trinajstić information content (AvgIpc) is 2.87. The highest BCUT2D eigenvalue weighted by Gasteiger charge is 2.23. The molecule has 0 bridgehead atoms. The van der Waals surface area contributed by atoms with Crippen LogP contribution in [0.5, 0.6) is 0 Å². The molecule has 1 atom stereocenters. The van der Waals surface area contributed by atoms with E-state index < -0.39 is 5.82 Å². The highest BCUT2D eigenvalue weighted by Crippen LogP contribution is 2.33. The van der Waals surface area contributed by atoms with Crippen molar-refractivity contribution in [2.45, 2.75) is 63.6 Å². The van der Waals surface area contributed by atoms with E-state index in [4.69, 9.17) is 21.1 Å². The summed E-state index contributed by atoms with van der Waals surface area (Å²) in [4.78, 5) is 8.60. The fraction of sp³-hybridized carbons (Fsp3) is 0.615. The van der Waals surface area contributed by atoms with Gasteiger partial charge in [0.15, 0.2) is 0 Å². The third-order valence-corrected chi connectivity index (χ3v) is 7.24. The van der Waals surface area contributed by atoms with Crippen molar-refractivity contribution >= 4 is 23.1 Å².